The summed E-state index contributed by atoms with van der Waals surface area (Å²) in [6.45, 7) is -0.646. The first-order valence-electron chi connectivity index (χ1n) is 7.81. The van der Waals surface area contributed by atoms with Gasteiger partial charge in [-0.1, -0.05) is 36.4 Å². The number of rotatable bonds is 4. The van der Waals surface area contributed by atoms with Crippen LogP contribution in [0.4, 0.5) is 0 Å². The molecular weight excluding hydrogens is 336 g/mol. The van der Waals surface area contributed by atoms with Gasteiger partial charge in [0.1, 0.15) is 17.9 Å². The molecule has 0 saturated carbocycles. The van der Waals surface area contributed by atoms with Gasteiger partial charge in [-0.25, -0.2) is 0 Å². The molecule has 7 heteroatoms. The summed E-state index contributed by atoms with van der Waals surface area (Å²) in [5.41, 5.74) is 1.08. The minimum Gasteiger partial charge on any atom is -0.506 e. The first kappa shape index (κ1) is 17.2. The van der Waals surface area contributed by atoms with Crippen LogP contribution in [0.5, 0.6) is 5.75 Å². The fraction of sp³-hybridized carbons (Fsp3) is 0.105. The molecule has 0 fully saturated rings. The monoisotopic (exact) mass is 352 g/mol. The predicted molar refractivity (Wildman–Crippen MR) is 96.3 cm³/mol. The molecule has 1 amide bonds. The Kier molecular flexibility index (Phi) is 4.45. The molecule has 0 radical (unpaired) electrons. The van der Waals surface area contributed by atoms with Crippen LogP contribution in [-0.2, 0) is 11.8 Å². The van der Waals surface area contributed by atoms with Crippen molar-refractivity contribution >= 4 is 22.8 Å². The fourth-order valence-corrected chi connectivity index (χ4v) is 2.78. The molecule has 0 spiro atoms. The van der Waals surface area contributed by atoms with Gasteiger partial charge in [0.05, 0.1) is 5.52 Å². The standard InChI is InChI=1S/C19H16N2O5/c1-21-14-9-12(11-5-3-2-4-6-11)7-8-13(14)17(24)16(19(21)26)18(25)20-10-15(22)23/h2-9,24H,10H2,1H3,(H,20,25)(H,22,23). The van der Waals surface area contributed by atoms with Gasteiger partial charge in [0.15, 0.2) is 0 Å². The van der Waals surface area contributed by atoms with Crippen molar-refractivity contribution < 1.29 is 19.8 Å². The summed E-state index contributed by atoms with van der Waals surface area (Å²) in [4.78, 5) is 35.3. The third-order valence-corrected chi connectivity index (χ3v) is 4.10. The van der Waals surface area contributed by atoms with E-state index in [0.29, 0.717) is 10.9 Å². The van der Waals surface area contributed by atoms with E-state index in [9.17, 15) is 19.5 Å². The van der Waals surface area contributed by atoms with Gasteiger partial charge in [0.25, 0.3) is 11.5 Å². The average molecular weight is 352 g/mol. The molecule has 26 heavy (non-hydrogen) atoms. The SMILES string of the molecule is Cn1c(=O)c(C(=O)NCC(=O)O)c(O)c2ccc(-c3ccccc3)cc21. The molecule has 1 aromatic heterocycles. The second kappa shape index (κ2) is 6.72. The van der Waals surface area contributed by atoms with Crippen molar-refractivity contribution in [2.75, 3.05) is 6.54 Å². The normalized spacial score (nSPS) is 10.7. The quantitative estimate of drug-likeness (QED) is 0.662. The van der Waals surface area contributed by atoms with E-state index < -0.39 is 35.3 Å². The van der Waals surface area contributed by atoms with Crippen LogP contribution >= 0.6 is 0 Å². The highest BCUT2D eigenvalue weighted by molar-refractivity contribution is 6.03. The van der Waals surface area contributed by atoms with Crippen LogP contribution in [0.25, 0.3) is 22.0 Å². The zero-order chi connectivity index (χ0) is 18.8. The lowest BCUT2D eigenvalue weighted by Crippen LogP contribution is -2.35. The minimum atomic E-state index is -1.25. The van der Waals surface area contributed by atoms with Crippen molar-refractivity contribution in [1.29, 1.82) is 0 Å². The number of aromatic nitrogens is 1. The first-order valence-corrected chi connectivity index (χ1v) is 7.81. The number of nitrogens with zero attached hydrogens (tertiary/aromatic N) is 1. The number of fused-ring (bicyclic) bond motifs is 1. The lowest BCUT2D eigenvalue weighted by atomic mass is 10.0. The van der Waals surface area contributed by atoms with E-state index in [4.69, 9.17) is 5.11 Å². The number of aryl methyl sites for hydroxylation is 1. The summed E-state index contributed by atoms with van der Waals surface area (Å²) < 4.78 is 1.26. The molecule has 0 bridgehead atoms. The molecule has 3 N–H and O–H groups in total. The van der Waals surface area contributed by atoms with Crippen LogP contribution in [0, 0.1) is 0 Å². The zero-order valence-corrected chi connectivity index (χ0v) is 13.9. The Labute approximate surface area is 148 Å². The van der Waals surface area contributed by atoms with Crippen LogP contribution in [0.1, 0.15) is 10.4 Å². The number of hydrogen-bond acceptors (Lipinski definition) is 4. The second-order valence-electron chi connectivity index (χ2n) is 5.76. The number of aliphatic carboxylic acids is 1. The van der Waals surface area contributed by atoms with Crippen LogP contribution < -0.4 is 10.9 Å². The summed E-state index contributed by atoms with van der Waals surface area (Å²) in [6.07, 6.45) is 0. The van der Waals surface area contributed by atoms with Crippen molar-refractivity contribution in [3.8, 4) is 16.9 Å². The van der Waals surface area contributed by atoms with Gasteiger partial charge < -0.3 is 20.1 Å². The van der Waals surface area contributed by atoms with E-state index in [-0.39, 0.29) is 0 Å². The second-order valence-corrected chi connectivity index (χ2v) is 5.76. The maximum absolute atomic E-state index is 12.5. The maximum atomic E-state index is 12.5. The number of carbonyl (C=O) groups is 2. The third-order valence-electron chi connectivity index (χ3n) is 4.10. The topological polar surface area (TPSA) is 109 Å². The summed E-state index contributed by atoms with van der Waals surface area (Å²) >= 11 is 0. The molecule has 0 saturated heterocycles. The van der Waals surface area contributed by atoms with Gasteiger partial charge in [-0.3, -0.25) is 14.4 Å². The molecule has 2 aromatic carbocycles. The smallest absolute Gasteiger partial charge is 0.322 e. The summed E-state index contributed by atoms with van der Waals surface area (Å²) in [5, 5.41) is 21.5. The number of carboxylic acid groups (broad SMARTS) is 1. The number of amides is 1. The molecule has 1 heterocycles. The van der Waals surface area contributed by atoms with Crippen molar-refractivity contribution in [3.63, 3.8) is 0 Å². The molecular formula is C19H16N2O5. The number of carbonyl (C=O) groups excluding carboxylic acids is 1. The highest BCUT2D eigenvalue weighted by Crippen LogP contribution is 2.30. The lowest BCUT2D eigenvalue weighted by Gasteiger charge is -2.13. The van der Waals surface area contributed by atoms with Crippen molar-refractivity contribution in [2.24, 2.45) is 7.05 Å². The Balaban J connectivity index is 2.16. The van der Waals surface area contributed by atoms with E-state index in [2.05, 4.69) is 5.32 Å². The summed E-state index contributed by atoms with van der Waals surface area (Å²) in [6, 6.07) is 14.7. The van der Waals surface area contributed by atoms with Gasteiger partial charge >= 0.3 is 5.97 Å². The molecule has 3 rings (SSSR count). The minimum absolute atomic E-state index is 0.326. The maximum Gasteiger partial charge on any atom is 0.322 e. The van der Waals surface area contributed by atoms with E-state index in [1.54, 1.807) is 18.2 Å². The Hall–Kier alpha value is -3.61. The van der Waals surface area contributed by atoms with Crippen molar-refractivity contribution in [2.45, 2.75) is 0 Å². The highest BCUT2D eigenvalue weighted by atomic mass is 16.4. The molecule has 7 nitrogen and oxygen atoms in total. The van der Waals surface area contributed by atoms with Crippen LogP contribution in [-0.4, -0.2) is 33.2 Å². The van der Waals surface area contributed by atoms with Crippen LogP contribution in [0.15, 0.2) is 53.3 Å². The number of aromatic hydroxyl groups is 1. The largest absolute Gasteiger partial charge is 0.506 e. The number of hydrogen-bond donors (Lipinski definition) is 3. The van der Waals surface area contributed by atoms with Gasteiger partial charge in [0, 0.05) is 12.4 Å². The van der Waals surface area contributed by atoms with E-state index in [1.165, 1.54) is 11.6 Å². The van der Waals surface area contributed by atoms with Gasteiger partial charge in [-0.2, -0.15) is 0 Å². The van der Waals surface area contributed by atoms with Crippen molar-refractivity contribution in [1.82, 2.24) is 9.88 Å². The number of carboxylic acids is 1. The summed E-state index contributed by atoms with van der Waals surface area (Å²) in [5.74, 6) is -2.65. The zero-order valence-electron chi connectivity index (χ0n) is 13.9. The number of pyridine rings is 1. The number of benzene rings is 2. The van der Waals surface area contributed by atoms with Crippen LogP contribution in [0.2, 0.25) is 0 Å². The predicted octanol–water partition coefficient (Wildman–Crippen LogP) is 1.73. The molecule has 0 aliphatic carbocycles. The molecule has 0 aliphatic rings. The van der Waals surface area contributed by atoms with Crippen molar-refractivity contribution in [3.05, 3.63) is 64.4 Å². The molecule has 0 atom stereocenters. The van der Waals surface area contributed by atoms with Crippen LogP contribution in [0.3, 0.4) is 0 Å². The van der Waals surface area contributed by atoms with Gasteiger partial charge in [0.2, 0.25) is 0 Å². The molecule has 132 valence electrons. The fourth-order valence-electron chi connectivity index (χ4n) is 2.78. The van der Waals surface area contributed by atoms with E-state index in [1.807, 2.05) is 30.3 Å². The average Bonchev–Trinajstić information content (AvgIpc) is 2.65. The lowest BCUT2D eigenvalue weighted by molar-refractivity contribution is -0.135. The van der Waals surface area contributed by atoms with E-state index >= 15 is 0 Å². The Bertz CT molecular complexity index is 1070. The third kappa shape index (κ3) is 3.02. The first-order chi connectivity index (χ1) is 12.4. The summed E-state index contributed by atoms with van der Waals surface area (Å²) in [7, 11) is 1.49. The highest BCUT2D eigenvalue weighted by Gasteiger charge is 2.21. The Morgan fingerprint density at radius 1 is 1.08 bits per heavy atom. The number of nitrogens with one attached hydrogen (secondary N) is 1. The molecule has 0 aliphatic heterocycles. The Morgan fingerprint density at radius 3 is 2.42 bits per heavy atom. The van der Waals surface area contributed by atoms with Gasteiger partial charge in [-0.05, 0) is 23.3 Å². The van der Waals surface area contributed by atoms with E-state index in [0.717, 1.165) is 11.1 Å². The molecule has 0 unspecified atom stereocenters. The Morgan fingerprint density at radius 2 is 1.77 bits per heavy atom. The van der Waals surface area contributed by atoms with Gasteiger partial charge in [-0.15, -0.1) is 0 Å². The molecule has 3 aromatic rings.